The van der Waals surface area contributed by atoms with Crippen molar-refractivity contribution in [1.29, 1.82) is 0 Å². The van der Waals surface area contributed by atoms with Crippen LogP contribution in [0.5, 0.6) is 5.88 Å². The molecule has 1 saturated heterocycles. The summed E-state index contributed by atoms with van der Waals surface area (Å²) in [4.78, 5) is 49.6. The van der Waals surface area contributed by atoms with Gasteiger partial charge in [-0.2, -0.15) is 0 Å². The standard InChI is InChI=1S/C24H23N3O4S/c1-24(2,3)20(29)17-18(16-6-5-11-25-21(16)31-4)27(23(30)19(17)28)15-9-7-14(8-10-15)22-26-12-13-32-22/h5-13,17-18H,1-4H3. The number of nitrogens with zero attached hydrogens (tertiary/aromatic N) is 3. The van der Waals surface area contributed by atoms with Gasteiger partial charge in [0.25, 0.3) is 5.91 Å². The SMILES string of the molecule is COc1ncccc1C1C(C(=O)C(C)(C)C)C(=O)C(=O)N1c1ccc(-c2nccs2)cc1. The maximum absolute atomic E-state index is 13.3. The summed E-state index contributed by atoms with van der Waals surface area (Å²) in [5.41, 5.74) is 1.13. The first-order chi connectivity index (χ1) is 15.2. The number of carbonyl (C=O) groups excluding carboxylic acids is 3. The number of ketones is 2. The van der Waals surface area contributed by atoms with Crippen molar-refractivity contribution in [3.63, 3.8) is 0 Å². The molecule has 0 bridgehead atoms. The zero-order valence-electron chi connectivity index (χ0n) is 18.2. The molecule has 3 aromatic rings. The third kappa shape index (κ3) is 3.71. The molecule has 1 aromatic carbocycles. The summed E-state index contributed by atoms with van der Waals surface area (Å²) in [6.07, 6.45) is 3.29. The van der Waals surface area contributed by atoms with Gasteiger partial charge in [0.15, 0.2) is 5.78 Å². The zero-order valence-corrected chi connectivity index (χ0v) is 19.1. The number of anilines is 1. The molecular weight excluding hydrogens is 426 g/mol. The number of hydrogen-bond acceptors (Lipinski definition) is 7. The number of rotatable bonds is 5. The minimum atomic E-state index is -1.15. The highest BCUT2D eigenvalue weighted by Gasteiger charge is 2.54. The van der Waals surface area contributed by atoms with Crippen molar-refractivity contribution in [2.45, 2.75) is 26.8 Å². The predicted octanol–water partition coefficient (Wildman–Crippen LogP) is 4.10. The Hall–Kier alpha value is -3.39. The third-order valence-electron chi connectivity index (χ3n) is 5.46. The fraction of sp³-hybridized carbons (Fsp3) is 0.292. The van der Waals surface area contributed by atoms with Crippen molar-refractivity contribution in [2.24, 2.45) is 11.3 Å². The summed E-state index contributed by atoms with van der Waals surface area (Å²) < 4.78 is 5.42. The molecular formula is C24H23N3O4S. The smallest absolute Gasteiger partial charge is 0.295 e. The van der Waals surface area contributed by atoms with Crippen LogP contribution in [-0.2, 0) is 14.4 Å². The molecule has 0 saturated carbocycles. The van der Waals surface area contributed by atoms with Gasteiger partial charge in [-0.15, -0.1) is 11.3 Å². The highest BCUT2D eigenvalue weighted by atomic mass is 32.1. The molecule has 1 aliphatic rings. The van der Waals surface area contributed by atoms with Gasteiger partial charge in [-0.05, 0) is 36.4 Å². The first-order valence-corrected chi connectivity index (χ1v) is 11.0. The molecule has 1 amide bonds. The van der Waals surface area contributed by atoms with E-state index in [1.165, 1.54) is 23.3 Å². The summed E-state index contributed by atoms with van der Waals surface area (Å²) >= 11 is 1.51. The molecule has 0 spiro atoms. The molecule has 0 aliphatic carbocycles. The summed E-state index contributed by atoms with van der Waals surface area (Å²) in [6.45, 7) is 5.24. The van der Waals surface area contributed by atoms with E-state index in [1.54, 1.807) is 57.4 Å². The quantitative estimate of drug-likeness (QED) is 0.430. The fourth-order valence-electron chi connectivity index (χ4n) is 3.93. The zero-order chi connectivity index (χ0) is 23.0. The molecule has 1 fully saturated rings. The van der Waals surface area contributed by atoms with Gasteiger partial charge in [-0.3, -0.25) is 19.3 Å². The van der Waals surface area contributed by atoms with Crippen LogP contribution in [0.4, 0.5) is 5.69 Å². The van der Waals surface area contributed by atoms with Gasteiger partial charge in [0.1, 0.15) is 10.9 Å². The Balaban J connectivity index is 1.85. The van der Waals surface area contributed by atoms with Crippen molar-refractivity contribution >= 4 is 34.5 Å². The fourth-order valence-corrected chi connectivity index (χ4v) is 4.57. The van der Waals surface area contributed by atoms with Gasteiger partial charge in [0.05, 0.1) is 13.2 Å². The Kier molecular flexibility index (Phi) is 5.64. The monoisotopic (exact) mass is 449 g/mol. The molecule has 3 heterocycles. The molecule has 4 rings (SSSR count). The predicted molar refractivity (Wildman–Crippen MR) is 122 cm³/mol. The van der Waals surface area contributed by atoms with Crippen LogP contribution in [0.2, 0.25) is 0 Å². The molecule has 8 heteroatoms. The topological polar surface area (TPSA) is 89.5 Å². The number of ether oxygens (including phenoxy) is 1. The van der Waals surface area contributed by atoms with E-state index in [0.717, 1.165) is 10.6 Å². The second kappa shape index (κ2) is 8.27. The van der Waals surface area contributed by atoms with Crippen LogP contribution < -0.4 is 9.64 Å². The Bertz CT molecular complexity index is 1170. The lowest BCUT2D eigenvalue weighted by molar-refractivity contribution is -0.141. The molecule has 164 valence electrons. The molecule has 32 heavy (non-hydrogen) atoms. The molecule has 0 N–H and O–H groups in total. The number of Topliss-reactive ketones (excluding diaryl/α,β-unsaturated/α-hetero) is 2. The number of amides is 1. The number of pyridine rings is 1. The maximum Gasteiger partial charge on any atom is 0.295 e. The van der Waals surface area contributed by atoms with Gasteiger partial charge in [0, 0.05) is 40.0 Å². The van der Waals surface area contributed by atoms with Crippen LogP contribution in [0.1, 0.15) is 32.4 Å². The number of benzene rings is 1. The van der Waals surface area contributed by atoms with Crippen LogP contribution in [-0.4, -0.2) is 34.6 Å². The second-order valence-electron chi connectivity index (χ2n) is 8.56. The van der Waals surface area contributed by atoms with Crippen molar-refractivity contribution in [3.05, 3.63) is 59.7 Å². The summed E-state index contributed by atoms with van der Waals surface area (Å²) in [5.74, 6) is -2.61. The molecule has 2 aromatic heterocycles. The molecule has 1 aliphatic heterocycles. The van der Waals surface area contributed by atoms with E-state index in [0.29, 0.717) is 11.3 Å². The Labute approximate surface area is 190 Å². The van der Waals surface area contributed by atoms with Crippen LogP contribution in [0.25, 0.3) is 10.6 Å². The molecule has 2 unspecified atom stereocenters. The summed E-state index contributed by atoms with van der Waals surface area (Å²) in [6, 6.07) is 9.82. The van der Waals surface area contributed by atoms with Crippen molar-refractivity contribution in [1.82, 2.24) is 9.97 Å². The van der Waals surface area contributed by atoms with Gasteiger partial charge >= 0.3 is 0 Å². The normalized spacial score (nSPS) is 18.8. The van der Waals surface area contributed by atoms with Crippen LogP contribution in [0, 0.1) is 11.3 Å². The largest absolute Gasteiger partial charge is 0.481 e. The lowest BCUT2D eigenvalue weighted by Gasteiger charge is -2.30. The van der Waals surface area contributed by atoms with E-state index in [1.807, 2.05) is 17.5 Å². The van der Waals surface area contributed by atoms with Gasteiger partial charge in [-0.25, -0.2) is 9.97 Å². The van der Waals surface area contributed by atoms with E-state index in [4.69, 9.17) is 4.74 Å². The van der Waals surface area contributed by atoms with E-state index >= 15 is 0 Å². The lowest BCUT2D eigenvalue weighted by Crippen LogP contribution is -2.36. The van der Waals surface area contributed by atoms with Crippen molar-refractivity contribution < 1.29 is 19.1 Å². The Morgan fingerprint density at radius 1 is 1.06 bits per heavy atom. The number of carbonyl (C=O) groups is 3. The lowest BCUT2D eigenvalue weighted by atomic mass is 9.77. The minimum absolute atomic E-state index is 0.274. The average Bonchev–Trinajstić information content (AvgIpc) is 3.40. The first-order valence-electron chi connectivity index (χ1n) is 10.1. The summed E-state index contributed by atoms with van der Waals surface area (Å²) in [5, 5.41) is 2.74. The molecule has 2 atom stereocenters. The molecule has 0 radical (unpaired) electrons. The van der Waals surface area contributed by atoms with Crippen molar-refractivity contribution in [2.75, 3.05) is 12.0 Å². The van der Waals surface area contributed by atoms with E-state index in [9.17, 15) is 14.4 Å². The minimum Gasteiger partial charge on any atom is -0.481 e. The third-order valence-corrected chi connectivity index (χ3v) is 6.29. The molecule has 7 nitrogen and oxygen atoms in total. The van der Waals surface area contributed by atoms with E-state index < -0.39 is 29.1 Å². The van der Waals surface area contributed by atoms with E-state index in [-0.39, 0.29) is 11.7 Å². The second-order valence-corrected chi connectivity index (χ2v) is 9.46. The number of thiazole rings is 1. The van der Waals surface area contributed by atoms with Crippen LogP contribution >= 0.6 is 11.3 Å². The highest BCUT2D eigenvalue weighted by molar-refractivity contribution is 7.13. The Morgan fingerprint density at radius 3 is 2.38 bits per heavy atom. The number of hydrogen-bond donors (Lipinski definition) is 0. The van der Waals surface area contributed by atoms with Crippen LogP contribution in [0.3, 0.4) is 0 Å². The van der Waals surface area contributed by atoms with Gasteiger partial charge in [0.2, 0.25) is 11.7 Å². The van der Waals surface area contributed by atoms with Crippen LogP contribution in [0.15, 0.2) is 54.2 Å². The first kappa shape index (κ1) is 21.8. The summed E-state index contributed by atoms with van der Waals surface area (Å²) in [7, 11) is 1.47. The highest BCUT2D eigenvalue weighted by Crippen LogP contribution is 2.45. The number of methoxy groups -OCH3 is 1. The van der Waals surface area contributed by atoms with E-state index in [2.05, 4.69) is 9.97 Å². The Morgan fingerprint density at radius 2 is 1.78 bits per heavy atom. The average molecular weight is 450 g/mol. The van der Waals surface area contributed by atoms with Gasteiger partial charge < -0.3 is 4.74 Å². The maximum atomic E-state index is 13.3. The van der Waals surface area contributed by atoms with Crippen molar-refractivity contribution in [3.8, 4) is 16.5 Å². The number of aromatic nitrogens is 2. The van der Waals surface area contributed by atoms with Gasteiger partial charge in [-0.1, -0.05) is 20.8 Å².